The molecular formula is C9H10O2. The van der Waals surface area contributed by atoms with E-state index in [-0.39, 0.29) is 6.42 Å². The molecule has 1 rings (SSSR count). The van der Waals surface area contributed by atoms with Gasteiger partial charge in [-0.3, -0.25) is 4.79 Å². The first-order valence-electron chi connectivity index (χ1n) is 3.55. The van der Waals surface area contributed by atoms with Crippen LogP contribution in [-0.2, 0) is 11.2 Å². The van der Waals surface area contributed by atoms with Crippen molar-refractivity contribution in [2.45, 2.75) is 12.8 Å². The van der Waals surface area contributed by atoms with Gasteiger partial charge in [0.15, 0.2) is 0 Å². The second-order valence-electron chi connectivity index (χ2n) is 2.38. The second kappa shape index (κ2) is 3.76. The molecule has 1 aromatic rings. The Balaban J connectivity index is 2.45. The van der Waals surface area contributed by atoms with Gasteiger partial charge in [0.2, 0.25) is 0 Å². The van der Waals surface area contributed by atoms with E-state index in [1.165, 1.54) is 0 Å². The topological polar surface area (TPSA) is 37.3 Å². The molecule has 0 bridgehead atoms. The monoisotopic (exact) mass is 152 g/mol. The molecule has 0 atom stereocenters. The molecule has 0 fully saturated rings. The predicted molar refractivity (Wildman–Crippen MR) is 42.4 cm³/mol. The zero-order valence-corrected chi connectivity index (χ0v) is 6.16. The number of carbonyl (C=O) groups is 1. The Morgan fingerprint density at radius 1 is 1.27 bits per heavy atom. The quantitative estimate of drug-likeness (QED) is 0.715. The third-order valence-corrected chi connectivity index (χ3v) is 1.47. The van der Waals surface area contributed by atoms with E-state index in [9.17, 15) is 4.79 Å². The van der Waals surface area contributed by atoms with Crippen LogP contribution >= 0.6 is 0 Å². The van der Waals surface area contributed by atoms with Crippen molar-refractivity contribution >= 4 is 5.97 Å². The largest absolute Gasteiger partial charge is 0.481 e. The van der Waals surface area contributed by atoms with Gasteiger partial charge in [0, 0.05) is 6.42 Å². The fourth-order valence-corrected chi connectivity index (χ4v) is 0.896. The van der Waals surface area contributed by atoms with Crippen LogP contribution < -0.4 is 0 Å². The molecule has 0 spiro atoms. The average molecular weight is 152 g/mol. The number of carboxylic acid groups (broad SMARTS) is 1. The summed E-state index contributed by atoms with van der Waals surface area (Å²) in [5, 5.41) is 8.37. The first kappa shape index (κ1) is 7.79. The number of carboxylic acids is 1. The fourth-order valence-electron chi connectivity index (χ4n) is 0.896. The van der Waals surface area contributed by atoms with Crippen LogP contribution in [0.4, 0.5) is 0 Å². The summed E-state index contributed by atoms with van der Waals surface area (Å²) in [7, 11) is 0. The zero-order valence-electron chi connectivity index (χ0n) is 6.16. The van der Waals surface area contributed by atoms with Crippen LogP contribution in [0.2, 0.25) is 0 Å². The summed E-state index contributed by atoms with van der Waals surface area (Å²) < 4.78 is 0. The molecule has 0 radical (unpaired) electrons. The van der Waals surface area contributed by atoms with Gasteiger partial charge >= 0.3 is 5.97 Å². The molecule has 0 unspecified atom stereocenters. The lowest BCUT2D eigenvalue weighted by atomic mass is 10.2. The number of hydrogen-bond acceptors (Lipinski definition) is 1. The number of hydrogen-bond donors (Lipinski definition) is 1. The molecule has 2 nitrogen and oxygen atoms in total. The van der Waals surface area contributed by atoms with Crippen molar-refractivity contribution in [3.05, 3.63) is 35.9 Å². The highest BCUT2D eigenvalue weighted by Gasteiger charge is 1.96. The summed E-state index contributed by atoms with van der Waals surface area (Å²) in [5.41, 5.74) is 1.08. The summed E-state index contributed by atoms with van der Waals surface area (Å²) in [6.07, 6.45) is 0.834. The van der Waals surface area contributed by atoms with E-state index in [1.807, 2.05) is 30.3 Å². The van der Waals surface area contributed by atoms with Crippen molar-refractivity contribution in [1.29, 1.82) is 0 Å². The minimum absolute atomic E-state index is 0.212. The summed E-state index contributed by atoms with van der Waals surface area (Å²) in [6.45, 7) is 0. The molecule has 0 amide bonds. The molecule has 2 heteroatoms. The van der Waals surface area contributed by atoms with Gasteiger partial charge in [0.25, 0.3) is 0 Å². The normalized spacial score (nSPS) is 9.45. The third-order valence-electron chi connectivity index (χ3n) is 1.47. The van der Waals surface area contributed by atoms with Gasteiger partial charge < -0.3 is 5.11 Å². The lowest BCUT2D eigenvalue weighted by molar-refractivity contribution is -0.136. The summed E-state index contributed by atoms with van der Waals surface area (Å²) in [5.74, 6) is -0.742. The lowest BCUT2D eigenvalue weighted by Crippen LogP contribution is -1.96. The molecular weight excluding hydrogens is 142 g/mol. The van der Waals surface area contributed by atoms with Crippen LogP contribution in [0.25, 0.3) is 0 Å². The van der Waals surface area contributed by atoms with Crippen molar-refractivity contribution in [2.24, 2.45) is 0 Å². The van der Waals surface area contributed by atoms with E-state index in [1.54, 1.807) is 0 Å². The molecule has 1 N–H and O–H groups in total. The van der Waals surface area contributed by atoms with E-state index in [2.05, 4.69) is 0 Å². The Labute approximate surface area is 65.5 Å². The van der Waals surface area contributed by atoms with Gasteiger partial charge in [-0.25, -0.2) is 0 Å². The highest BCUT2D eigenvalue weighted by Crippen LogP contribution is 2.01. The molecule has 0 saturated heterocycles. The van der Waals surface area contributed by atoms with Gasteiger partial charge in [-0.2, -0.15) is 0 Å². The molecule has 11 heavy (non-hydrogen) atoms. The van der Waals surface area contributed by atoms with Crippen LogP contribution in [0.3, 0.4) is 0 Å². The molecule has 0 aromatic heterocycles. The summed E-state index contributed by atoms with van der Waals surface area (Å²) >= 11 is 0. The number of aryl methyl sites for hydroxylation is 1. The molecule has 0 saturated carbocycles. The van der Waals surface area contributed by atoms with Gasteiger partial charge in [0.05, 0.1) is 0 Å². The zero-order chi connectivity index (χ0) is 8.10. The molecule has 0 heterocycles. The van der Waals surface area contributed by atoms with Crippen LogP contribution in [0.15, 0.2) is 30.3 Å². The Morgan fingerprint density at radius 3 is 2.45 bits per heavy atom. The minimum atomic E-state index is -0.742. The number of benzene rings is 1. The minimum Gasteiger partial charge on any atom is -0.481 e. The van der Waals surface area contributed by atoms with Gasteiger partial charge in [-0.05, 0) is 12.0 Å². The van der Waals surface area contributed by atoms with Crippen LogP contribution in [-0.4, -0.2) is 11.1 Å². The van der Waals surface area contributed by atoms with Crippen LogP contribution in [0.1, 0.15) is 12.0 Å². The first-order chi connectivity index (χ1) is 5.29. The van der Waals surface area contributed by atoms with Crippen molar-refractivity contribution in [3.8, 4) is 0 Å². The molecule has 0 aliphatic carbocycles. The fraction of sp³-hybridized carbons (Fsp3) is 0.222. The van der Waals surface area contributed by atoms with Crippen molar-refractivity contribution in [2.75, 3.05) is 0 Å². The number of rotatable bonds is 3. The van der Waals surface area contributed by atoms with Gasteiger partial charge in [-0.1, -0.05) is 30.3 Å². The molecule has 0 aliphatic heterocycles. The maximum absolute atomic E-state index is 10.2. The van der Waals surface area contributed by atoms with E-state index in [4.69, 9.17) is 5.11 Å². The first-order valence-corrected chi connectivity index (χ1v) is 3.55. The van der Waals surface area contributed by atoms with Crippen molar-refractivity contribution in [1.82, 2.24) is 0 Å². The van der Waals surface area contributed by atoms with Gasteiger partial charge in [0.1, 0.15) is 0 Å². The Hall–Kier alpha value is -1.31. The number of aliphatic carboxylic acids is 1. The second-order valence-corrected chi connectivity index (χ2v) is 2.38. The Morgan fingerprint density at radius 2 is 1.91 bits per heavy atom. The highest BCUT2D eigenvalue weighted by atomic mass is 16.4. The summed E-state index contributed by atoms with van der Waals surface area (Å²) in [4.78, 5) is 10.2. The molecule has 0 aliphatic rings. The maximum atomic E-state index is 10.2. The average Bonchev–Trinajstić information content (AvgIpc) is 2.03. The Kier molecular flexibility index (Phi) is 2.66. The molecule has 58 valence electrons. The van der Waals surface area contributed by atoms with E-state index >= 15 is 0 Å². The molecule has 1 aromatic carbocycles. The Bertz CT molecular complexity index is 229. The van der Waals surface area contributed by atoms with E-state index in [0.29, 0.717) is 6.42 Å². The SMILES string of the molecule is O=C(O)CCc1ccc[13cH][13cH]1. The van der Waals surface area contributed by atoms with Crippen molar-refractivity contribution in [3.63, 3.8) is 0 Å². The van der Waals surface area contributed by atoms with E-state index in [0.717, 1.165) is 5.56 Å². The summed E-state index contributed by atoms with van der Waals surface area (Å²) in [6, 6.07) is 9.62. The highest BCUT2D eigenvalue weighted by molar-refractivity contribution is 5.67. The van der Waals surface area contributed by atoms with Crippen molar-refractivity contribution < 1.29 is 9.90 Å². The lowest BCUT2D eigenvalue weighted by Gasteiger charge is -1.95. The van der Waals surface area contributed by atoms with E-state index < -0.39 is 5.97 Å². The van der Waals surface area contributed by atoms with Crippen LogP contribution in [0, 0.1) is 0 Å². The standard InChI is InChI=1S/C9H10O2/c10-9(11)7-6-8-4-2-1-3-5-8/h1-5H,6-7H2,(H,10,11)/i2+1,4+1. The maximum Gasteiger partial charge on any atom is 0.303 e. The third kappa shape index (κ3) is 2.85. The predicted octanol–water partition coefficient (Wildman–Crippen LogP) is 1.70. The van der Waals surface area contributed by atoms with Crippen LogP contribution in [0.5, 0.6) is 0 Å². The smallest absolute Gasteiger partial charge is 0.303 e. The van der Waals surface area contributed by atoms with Gasteiger partial charge in [-0.15, -0.1) is 0 Å².